The standard InChI is InChI=1S/C38H61N7O6/c1-22(2)26(31(49)44-17-16-40-36(20-44)14-15-36)42-33(51)43-28(34(3,4)5)32(50)45-21-38(35(6,7)37(38)12-9-13-37)19-25(45)30(48)41-24(27(46)29(39)47)18-23-10-8-11-23/h22-26,28,40H,8-21H2,1-7H3,(H2,39,47)(H,41,48)(H2,42,43,51)/t24?,25?,26?,28-,38+/m0/s1. The van der Waals surface area contributed by atoms with Crippen molar-refractivity contribution in [3.05, 3.63) is 0 Å². The summed E-state index contributed by atoms with van der Waals surface area (Å²) in [7, 11) is 0. The van der Waals surface area contributed by atoms with E-state index in [1.54, 1.807) is 4.90 Å². The molecule has 2 saturated heterocycles. The Bertz CT molecular complexity index is 1460. The molecule has 0 bridgehead atoms. The van der Waals surface area contributed by atoms with Crippen molar-refractivity contribution in [2.75, 3.05) is 26.2 Å². The van der Waals surface area contributed by atoms with Gasteiger partial charge in [-0.25, -0.2) is 4.79 Å². The lowest BCUT2D eigenvalue weighted by Crippen LogP contribution is -2.63. The maximum absolute atomic E-state index is 14.8. The van der Waals surface area contributed by atoms with Crippen LogP contribution < -0.4 is 27.0 Å². The van der Waals surface area contributed by atoms with Crippen molar-refractivity contribution >= 4 is 35.4 Å². The normalized spacial score (nSPS) is 28.7. The van der Waals surface area contributed by atoms with Crippen LogP contribution in [0.25, 0.3) is 0 Å². The van der Waals surface area contributed by atoms with Crippen LogP contribution in [0.4, 0.5) is 4.79 Å². The summed E-state index contributed by atoms with van der Waals surface area (Å²) in [5.74, 6) is -2.85. The molecule has 4 saturated carbocycles. The summed E-state index contributed by atoms with van der Waals surface area (Å²) in [5.41, 5.74) is 4.30. The molecule has 284 valence electrons. The second-order valence-corrected chi connectivity index (χ2v) is 18.8. The molecule has 0 aromatic rings. The zero-order chi connectivity index (χ0) is 37.3. The number of likely N-dealkylation sites (tertiary alicyclic amines) is 1. The monoisotopic (exact) mass is 711 g/mol. The molecular weight excluding hydrogens is 650 g/mol. The number of ketones is 1. The van der Waals surface area contributed by atoms with Gasteiger partial charge in [-0.15, -0.1) is 0 Å². The van der Waals surface area contributed by atoms with Gasteiger partial charge < -0.3 is 36.8 Å². The molecule has 6 rings (SSSR count). The number of fused-ring (bicyclic) bond motifs is 1. The van der Waals surface area contributed by atoms with E-state index in [4.69, 9.17) is 5.73 Å². The number of Topliss-reactive ketones (excluding diaryl/α,β-unsaturated/α-hetero) is 1. The molecule has 2 heterocycles. The Hall–Kier alpha value is -3.22. The molecule has 0 aromatic carbocycles. The lowest BCUT2D eigenvalue weighted by Gasteiger charge is -2.38. The van der Waals surface area contributed by atoms with Gasteiger partial charge in [-0.3, -0.25) is 24.0 Å². The van der Waals surface area contributed by atoms with Crippen LogP contribution in [0.5, 0.6) is 0 Å². The Labute approximate surface area is 302 Å². The largest absolute Gasteiger partial charge is 0.363 e. The first-order valence-electron chi connectivity index (χ1n) is 19.3. The molecular formula is C38H61N7O6. The van der Waals surface area contributed by atoms with Crippen LogP contribution in [0.3, 0.4) is 0 Å². The summed E-state index contributed by atoms with van der Waals surface area (Å²) in [6.07, 6.45) is 8.89. The average molecular weight is 712 g/mol. The minimum atomic E-state index is -1.09. The third-order valence-corrected chi connectivity index (χ3v) is 14.2. The van der Waals surface area contributed by atoms with E-state index in [2.05, 4.69) is 35.1 Å². The number of rotatable bonds is 11. The summed E-state index contributed by atoms with van der Waals surface area (Å²) in [6, 6.07) is -4.34. The molecule has 2 aliphatic heterocycles. The van der Waals surface area contributed by atoms with Crippen LogP contribution in [-0.2, 0) is 24.0 Å². The number of nitrogens with zero attached hydrogens (tertiary/aromatic N) is 2. The fourth-order valence-corrected chi connectivity index (χ4v) is 10.3. The Morgan fingerprint density at radius 2 is 1.55 bits per heavy atom. The molecule has 6 aliphatic rings. The van der Waals surface area contributed by atoms with Crippen molar-refractivity contribution in [1.82, 2.24) is 31.1 Å². The van der Waals surface area contributed by atoms with E-state index in [1.807, 2.05) is 39.5 Å². The first kappa shape index (κ1) is 37.5. The third-order valence-electron chi connectivity index (χ3n) is 14.2. The Kier molecular flexibility index (Phi) is 9.58. The Morgan fingerprint density at radius 3 is 2.04 bits per heavy atom. The van der Waals surface area contributed by atoms with E-state index in [1.165, 1.54) is 0 Å². The molecule has 6 N–H and O–H groups in total. The molecule has 6 fully saturated rings. The van der Waals surface area contributed by atoms with Gasteiger partial charge in [0.2, 0.25) is 23.5 Å². The van der Waals surface area contributed by atoms with Gasteiger partial charge in [-0.2, -0.15) is 0 Å². The van der Waals surface area contributed by atoms with Crippen LogP contribution in [0.1, 0.15) is 113 Å². The highest BCUT2D eigenvalue weighted by atomic mass is 16.2. The van der Waals surface area contributed by atoms with Gasteiger partial charge in [0, 0.05) is 37.1 Å². The number of hydrogen-bond acceptors (Lipinski definition) is 7. The number of piperazine rings is 1. The Morgan fingerprint density at radius 1 is 0.882 bits per heavy atom. The molecule has 6 amide bonds. The number of carbonyl (C=O) groups excluding carboxylic acids is 6. The van der Waals surface area contributed by atoms with Crippen LogP contribution in [-0.4, -0.2) is 101 Å². The summed E-state index contributed by atoms with van der Waals surface area (Å²) >= 11 is 0. The van der Waals surface area contributed by atoms with Crippen molar-refractivity contribution in [3.8, 4) is 0 Å². The van der Waals surface area contributed by atoms with Gasteiger partial charge in [0.15, 0.2) is 0 Å². The number of nitrogens with two attached hydrogens (primary N) is 1. The van der Waals surface area contributed by atoms with Crippen LogP contribution in [0.15, 0.2) is 0 Å². The van der Waals surface area contributed by atoms with Gasteiger partial charge in [0.05, 0.1) is 6.04 Å². The zero-order valence-corrected chi connectivity index (χ0v) is 31.8. The lowest BCUT2D eigenvalue weighted by molar-refractivity contribution is -0.143. The highest BCUT2D eigenvalue weighted by Crippen LogP contribution is 2.88. The predicted octanol–water partition coefficient (Wildman–Crippen LogP) is 2.22. The maximum atomic E-state index is 14.8. The fourth-order valence-electron chi connectivity index (χ4n) is 10.3. The minimum absolute atomic E-state index is 0.00406. The second kappa shape index (κ2) is 13.0. The number of hydrogen-bond donors (Lipinski definition) is 5. The van der Waals surface area contributed by atoms with Crippen LogP contribution >= 0.6 is 0 Å². The molecule has 0 aromatic heterocycles. The molecule has 5 atom stereocenters. The van der Waals surface area contributed by atoms with E-state index >= 15 is 0 Å². The summed E-state index contributed by atoms with van der Waals surface area (Å²) < 4.78 is 0. The number of amides is 6. The van der Waals surface area contributed by atoms with E-state index in [9.17, 15) is 28.8 Å². The SMILES string of the molecule is CC(C)C(NC(=O)N[C@@H](C(=O)N1C[C@]2(CC1C(=O)NC(CC1CCC1)C(=O)C(N)=O)C(C)(C)C21CCC1)C(C)(C)C)C(=O)N1CCNC2(CC2)C1. The highest BCUT2D eigenvalue weighted by molar-refractivity contribution is 6.37. The Balaban J connectivity index is 1.22. The van der Waals surface area contributed by atoms with E-state index in [0.29, 0.717) is 39.0 Å². The van der Waals surface area contributed by atoms with E-state index in [-0.39, 0.29) is 45.4 Å². The first-order valence-corrected chi connectivity index (χ1v) is 19.3. The number of nitrogens with one attached hydrogen (secondary N) is 4. The van der Waals surface area contributed by atoms with Crippen molar-refractivity contribution in [2.45, 2.75) is 142 Å². The van der Waals surface area contributed by atoms with Gasteiger partial charge in [-0.1, -0.05) is 74.1 Å². The predicted molar refractivity (Wildman–Crippen MR) is 191 cm³/mol. The second-order valence-electron chi connectivity index (χ2n) is 18.8. The van der Waals surface area contributed by atoms with E-state index < -0.39 is 53.2 Å². The third kappa shape index (κ3) is 6.43. The molecule has 13 heteroatoms. The van der Waals surface area contributed by atoms with Crippen molar-refractivity contribution in [1.29, 1.82) is 0 Å². The van der Waals surface area contributed by atoms with Crippen molar-refractivity contribution in [3.63, 3.8) is 0 Å². The van der Waals surface area contributed by atoms with E-state index in [0.717, 1.165) is 51.4 Å². The fraction of sp³-hybridized carbons (Fsp3) is 0.842. The summed E-state index contributed by atoms with van der Waals surface area (Å²) in [4.78, 5) is 84.9. The van der Waals surface area contributed by atoms with Gasteiger partial charge in [-0.05, 0) is 66.6 Å². The lowest BCUT2D eigenvalue weighted by atomic mass is 9.73. The van der Waals surface area contributed by atoms with Crippen LogP contribution in [0.2, 0.25) is 0 Å². The molecule has 4 aliphatic carbocycles. The quantitative estimate of drug-likeness (QED) is 0.204. The summed E-state index contributed by atoms with van der Waals surface area (Å²) in [5, 5.41) is 12.2. The molecule has 51 heavy (non-hydrogen) atoms. The molecule has 0 radical (unpaired) electrons. The zero-order valence-electron chi connectivity index (χ0n) is 31.8. The smallest absolute Gasteiger partial charge is 0.316 e. The number of urea groups is 1. The topological polar surface area (TPSA) is 183 Å². The number of primary amides is 1. The maximum Gasteiger partial charge on any atom is 0.316 e. The van der Waals surface area contributed by atoms with Crippen LogP contribution in [0, 0.1) is 33.5 Å². The van der Waals surface area contributed by atoms with Crippen molar-refractivity contribution < 1.29 is 28.8 Å². The highest BCUT2D eigenvalue weighted by Gasteiger charge is 2.85. The average Bonchev–Trinajstić information content (AvgIpc) is 3.76. The minimum Gasteiger partial charge on any atom is -0.363 e. The first-order chi connectivity index (χ1) is 23.8. The summed E-state index contributed by atoms with van der Waals surface area (Å²) in [6.45, 7) is 16.1. The van der Waals surface area contributed by atoms with Gasteiger partial charge >= 0.3 is 6.03 Å². The van der Waals surface area contributed by atoms with Gasteiger partial charge in [0.1, 0.15) is 18.1 Å². The molecule has 3 spiro atoms. The molecule has 3 unspecified atom stereocenters. The van der Waals surface area contributed by atoms with Gasteiger partial charge in [0.25, 0.3) is 5.91 Å². The number of carbonyl (C=O) groups is 6. The molecule has 13 nitrogen and oxygen atoms in total. The van der Waals surface area contributed by atoms with Crippen molar-refractivity contribution in [2.24, 2.45) is 39.2 Å².